The molecule has 1 aliphatic rings. The molecule has 7 heteroatoms. The van der Waals surface area contributed by atoms with Crippen LogP contribution in [0.1, 0.15) is 68.5 Å². The molecule has 0 bridgehead atoms. The number of rotatable bonds is 10. The Kier molecular flexibility index (Phi) is 8.66. The van der Waals surface area contributed by atoms with E-state index in [1.165, 1.54) is 0 Å². The Bertz CT molecular complexity index is 1220. The Balaban J connectivity index is 1.91. The van der Waals surface area contributed by atoms with Gasteiger partial charge in [-0.3, -0.25) is 4.98 Å². The molecule has 0 spiro atoms. The fourth-order valence-electron chi connectivity index (χ4n) is 5.92. The molecule has 0 aliphatic carbocycles. The number of pyridine rings is 1. The van der Waals surface area contributed by atoms with Gasteiger partial charge in [-0.15, -0.1) is 0 Å². The minimum absolute atomic E-state index is 0.0248. The molecule has 1 N–H and O–H groups in total. The highest BCUT2D eigenvalue weighted by Gasteiger charge is 2.44. The number of aliphatic hydroxyl groups is 1. The monoisotopic (exact) mass is 508 g/mol. The van der Waals surface area contributed by atoms with Crippen LogP contribution in [-0.2, 0) is 30.0 Å². The van der Waals surface area contributed by atoms with Crippen LogP contribution in [0.15, 0.2) is 30.7 Å². The second kappa shape index (κ2) is 11.7. The Morgan fingerprint density at radius 3 is 2.67 bits per heavy atom. The summed E-state index contributed by atoms with van der Waals surface area (Å²) in [5.74, 6) is 0.462. The average molecular weight is 509 g/mol. The zero-order chi connectivity index (χ0) is 25.7. The summed E-state index contributed by atoms with van der Waals surface area (Å²) in [4.78, 5) is 9.36. The van der Waals surface area contributed by atoms with Gasteiger partial charge in [-0.1, -0.05) is 37.9 Å². The van der Waals surface area contributed by atoms with Gasteiger partial charge in [0.25, 0.3) is 0 Å². The fraction of sp³-hybridized carbons (Fsp3) is 0.552. The molecular formula is C29H37ClN4O2. The number of nitriles is 1. The van der Waals surface area contributed by atoms with Crippen LogP contribution in [0.2, 0.25) is 5.02 Å². The first-order valence-electron chi connectivity index (χ1n) is 13.2. The zero-order valence-electron chi connectivity index (χ0n) is 21.6. The number of imidazole rings is 1. The van der Waals surface area contributed by atoms with Crippen LogP contribution in [0, 0.1) is 23.2 Å². The molecule has 36 heavy (non-hydrogen) atoms. The van der Waals surface area contributed by atoms with E-state index in [2.05, 4.69) is 31.0 Å². The van der Waals surface area contributed by atoms with Gasteiger partial charge in [0.05, 0.1) is 34.8 Å². The summed E-state index contributed by atoms with van der Waals surface area (Å²) in [5.41, 5.74) is 3.76. The second-order valence-corrected chi connectivity index (χ2v) is 10.4. The van der Waals surface area contributed by atoms with E-state index in [1.807, 2.05) is 23.7 Å². The molecule has 3 heterocycles. The van der Waals surface area contributed by atoms with E-state index in [9.17, 15) is 10.4 Å². The number of ether oxygens (including phenoxy) is 1. The van der Waals surface area contributed by atoms with Gasteiger partial charge in [-0.25, -0.2) is 4.98 Å². The van der Waals surface area contributed by atoms with Crippen LogP contribution < -0.4 is 0 Å². The van der Waals surface area contributed by atoms with E-state index in [-0.39, 0.29) is 12.5 Å². The van der Waals surface area contributed by atoms with Crippen molar-refractivity contribution in [2.75, 3.05) is 19.8 Å². The molecule has 2 atom stereocenters. The van der Waals surface area contributed by atoms with E-state index >= 15 is 0 Å². The van der Waals surface area contributed by atoms with Gasteiger partial charge in [0.1, 0.15) is 5.41 Å². The molecule has 0 radical (unpaired) electrons. The quantitative estimate of drug-likeness (QED) is 0.376. The van der Waals surface area contributed by atoms with Gasteiger partial charge >= 0.3 is 0 Å². The predicted octanol–water partition coefficient (Wildman–Crippen LogP) is 5.76. The largest absolute Gasteiger partial charge is 0.396 e. The maximum absolute atomic E-state index is 10.8. The molecule has 0 saturated carbocycles. The highest BCUT2D eigenvalue weighted by molar-refractivity contribution is 6.36. The highest BCUT2D eigenvalue weighted by Crippen LogP contribution is 2.44. The Labute approximate surface area is 219 Å². The van der Waals surface area contributed by atoms with Crippen LogP contribution in [0.4, 0.5) is 0 Å². The molecule has 4 rings (SSSR count). The molecule has 1 aromatic carbocycles. The van der Waals surface area contributed by atoms with E-state index in [4.69, 9.17) is 21.3 Å². The summed E-state index contributed by atoms with van der Waals surface area (Å²) in [6.45, 7) is 5.87. The SMILES string of the molecule is CCCC(CCO)C(C#N)(c1ccc2nc(CC)c(CC3CCOCC3)c(Cl)c2c1)c1cncn1C. The Hall–Kier alpha value is -2.46. The normalized spacial score (nSPS) is 17.1. The van der Waals surface area contributed by atoms with Crippen molar-refractivity contribution in [2.45, 2.75) is 64.2 Å². The lowest BCUT2D eigenvalue weighted by atomic mass is 9.66. The first kappa shape index (κ1) is 26.6. The number of hydrogen-bond acceptors (Lipinski definition) is 5. The van der Waals surface area contributed by atoms with E-state index < -0.39 is 5.41 Å². The summed E-state index contributed by atoms with van der Waals surface area (Å²) < 4.78 is 7.48. The number of halogens is 1. The molecule has 3 aromatic rings. The predicted molar refractivity (Wildman–Crippen MR) is 143 cm³/mol. The van der Waals surface area contributed by atoms with Gasteiger partial charge in [0.15, 0.2) is 0 Å². The number of nitrogens with zero attached hydrogens (tertiary/aromatic N) is 4. The zero-order valence-corrected chi connectivity index (χ0v) is 22.4. The fourth-order valence-corrected chi connectivity index (χ4v) is 6.26. The minimum Gasteiger partial charge on any atom is -0.396 e. The van der Waals surface area contributed by atoms with Crippen molar-refractivity contribution in [3.8, 4) is 6.07 Å². The molecule has 2 unspecified atom stereocenters. The van der Waals surface area contributed by atoms with Crippen LogP contribution in [0.25, 0.3) is 10.9 Å². The van der Waals surface area contributed by atoms with Gasteiger partial charge in [0.2, 0.25) is 0 Å². The molecule has 1 aliphatic heterocycles. The van der Waals surface area contributed by atoms with Gasteiger partial charge in [-0.05, 0) is 73.6 Å². The first-order chi connectivity index (χ1) is 17.5. The lowest BCUT2D eigenvalue weighted by Gasteiger charge is -2.36. The Morgan fingerprint density at radius 1 is 1.28 bits per heavy atom. The lowest BCUT2D eigenvalue weighted by molar-refractivity contribution is 0.0665. The molecule has 1 fully saturated rings. The third kappa shape index (κ3) is 4.89. The van der Waals surface area contributed by atoms with Crippen molar-refractivity contribution < 1.29 is 9.84 Å². The second-order valence-electron chi connectivity index (χ2n) is 10.0. The molecule has 192 valence electrons. The average Bonchev–Trinajstić information content (AvgIpc) is 3.33. The van der Waals surface area contributed by atoms with Crippen LogP contribution >= 0.6 is 11.6 Å². The van der Waals surface area contributed by atoms with Crippen molar-refractivity contribution in [1.82, 2.24) is 14.5 Å². The smallest absolute Gasteiger partial charge is 0.127 e. The van der Waals surface area contributed by atoms with Crippen LogP contribution in [0.5, 0.6) is 0 Å². The first-order valence-corrected chi connectivity index (χ1v) is 13.6. The minimum atomic E-state index is -0.966. The number of aliphatic hydroxyl groups excluding tert-OH is 1. The van der Waals surface area contributed by atoms with Crippen molar-refractivity contribution in [1.29, 1.82) is 5.26 Å². The van der Waals surface area contributed by atoms with E-state index in [0.717, 1.165) is 90.2 Å². The number of aryl methyl sites for hydroxylation is 2. The summed E-state index contributed by atoms with van der Waals surface area (Å²) >= 11 is 7.16. The maximum atomic E-state index is 10.8. The van der Waals surface area contributed by atoms with Gasteiger partial charge < -0.3 is 14.4 Å². The summed E-state index contributed by atoms with van der Waals surface area (Å²) in [5, 5.41) is 22.4. The summed E-state index contributed by atoms with van der Waals surface area (Å²) in [6.07, 6.45) is 9.56. The van der Waals surface area contributed by atoms with Crippen LogP contribution in [-0.4, -0.2) is 39.5 Å². The van der Waals surface area contributed by atoms with Gasteiger partial charge in [-0.2, -0.15) is 5.26 Å². The molecule has 1 saturated heterocycles. The van der Waals surface area contributed by atoms with Crippen molar-refractivity contribution in [3.05, 3.63) is 58.3 Å². The third-order valence-electron chi connectivity index (χ3n) is 7.85. The van der Waals surface area contributed by atoms with Crippen LogP contribution in [0.3, 0.4) is 0 Å². The van der Waals surface area contributed by atoms with Crippen molar-refractivity contribution >= 4 is 22.5 Å². The highest BCUT2D eigenvalue weighted by atomic mass is 35.5. The topological polar surface area (TPSA) is 84.0 Å². The summed E-state index contributed by atoms with van der Waals surface area (Å²) in [6, 6.07) is 8.76. The maximum Gasteiger partial charge on any atom is 0.127 e. The number of hydrogen-bond donors (Lipinski definition) is 1. The van der Waals surface area contributed by atoms with E-state index in [0.29, 0.717) is 12.3 Å². The summed E-state index contributed by atoms with van der Waals surface area (Å²) in [7, 11) is 1.92. The van der Waals surface area contributed by atoms with Gasteiger partial charge in [0, 0.05) is 37.9 Å². The van der Waals surface area contributed by atoms with E-state index in [1.54, 1.807) is 12.5 Å². The molecular weight excluding hydrogens is 472 g/mol. The molecule has 2 aromatic heterocycles. The van der Waals surface area contributed by atoms with Crippen molar-refractivity contribution in [2.24, 2.45) is 18.9 Å². The standard InChI is InChI=1S/C29H37ClN4O2/c1-4-6-21(9-12-35)29(18-31,27-17-32-19-34(27)3)22-7-8-26-24(16-22)28(30)23(25(5-2)33-26)15-20-10-13-36-14-11-20/h7-8,16-17,19-21,35H,4-6,9-15H2,1-3H3. The number of aromatic nitrogens is 3. The molecule has 6 nitrogen and oxygen atoms in total. The number of fused-ring (bicyclic) bond motifs is 1. The Morgan fingerprint density at radius 2 is 2.06 bits per heavy atom. The molecule has 0 amide bonds. The number of benzene rings is 1. The third-order valence-corrected chi connectivity index (χ3v) is 8.28. The van der Waals surface area contributed by atoms with Crippen molar-refractivity contribution in [3.63, 3.8) is 0 Å². The lowest BCUT2D eigenvalue weighted by Crippen LogP contribution is -2.37.